The second-order valence-corrected chi connectivity index (χ2v) is 24.1. The molecule has 7 aromatic heterocycles. The van der Waals surface area contributed by atoms with Gasteiger partial charge in [0.15, 0.2) is 0 Å². The summed E-state index contributed by atoms with van der Waals surface area (Å²) in [6, 6.07) is 102. The third-order valence-electron chi connectivity index (χ3n) is 18.3. The van der Waals surface area contributed by atoms with Crippen molar-refractivity contribution in [2.45, 2.75) is 6.42 Å². The van der Waals surface area contributed by atoms with Crippen LogP contribution in [-0.4, -0.2) is 42.8 Å². The van der Waals surface area contributed by atoms with E-state index in [1.54, 1.807) is 6.33 Å². The maximum absolute atomic E-state index is 5.41. The number of aromatic nitrogens is 9. The summed E-state index contributed by atoms with van der Waals surface area (Å²) < 4.78 is 11.7. The van der Waals surface area contributed by atoms with Crippen LogP contribution in [-0.2, 0) is 6.42 Å². The lowest BCUT2D eigenvalue weighted by Crippen LogP contribution is -2.03. The number of benzene rings is 12. The van der Waals surface area contributed by atoms with Crippen molar-refractivity contribution in [1.82, 2.24) is 42.8 Å². The topological polar surface area (TPSA) is 76.2 Å². The number of hydrogen-bond donors (Lipinski definition) is 0. The molecule has 0 saturated heterocycles. The van der Waals surface area contributed by atoms with Gasteiger partial charge in [-0.05, 0) is 126 Å². The van der Waals surface area contributed by atoms with Gasteiger partial charge in [0.05, 0.1) is 55.2 Å². The summed E-state index contributed by atoms with van der Waals surface area (Å²) in [5.74, 6) is 1.63. The van der Waals surface area contributed by atoms with E-state index < -0.39 is 0 Å². The lowest BCUT2D eigenvalue weighted by atomic mass is 10.1. The standard InChI is InChI=1S/C52H32N6.C25H17N.C4H2Cl2N2/c1-7-19-43-35(13-1)36-14-2-8-20-44(36)55(43)33-25-27-49-41(29-33)39-17-5-11-23-47(39)57(49)51-31-52(54-32-53-51)58-48-24-12-6-18-40(48)42-30-34(26-28-50(42)58)56-45-21-9-3-15-37(45)38-16-4-10-22-46(38)56;1-2-8-20-17(7-1)15-18-13-14-19(16-23(18)20)26-24-11-5-3-9-21(24)22-10-4-6-12-25(22)26;5-3-1-4(6)8-2-7-3/h1-32H;1-14,16H,15H2;1-2H. The molecule has 9 nitrogen and oxygen atoms in total. The number of para-hydroxylation sites is 8. The molecule has 0 fully saturated rings. The Morgan fingerprint density at radius 1 is 0.228 bits per heavy atom. The maximum Gasteiger partial charge on any atom is 0.143 e. The SMILES string of the molecule is Clc1cc(Cl)ncn1.c1ccc2c(c1)Cc1ccc(-n3c4ccccc4c4ccccc43)cc1-2.c1ccc2c(c1)c1ccccc1n2-c1ccc2c(c1)c1ccccc1n2-c1cc(-n2c3ccccc3c3cc(-n4c5ccccc5c5ccccc54)ccc32)ncn1. The molecule has 92 heavy (non-hydrogen) atoms. The first-order valence-electron chi connectivity index (χ1n) is 30.7. The summed E-state index contributed by atoms with van der Waals surface area (Å²) in [7, 11) is 0. The van der Waals surface area contributed by atoms with E-state index in [4.69, 9.17) is 33.2 Å². The third kappa shape index (κ3) is 8.54. The molecule has 0 radical (unpaired) electrons. The van der Waals surface area contributed by atoms with E-state index in [1.165, 1.54) is 127 Å². The van der Waals surface area contributed by atoms with Gasteiger partial charge >= 0.3 is 0 Å². The molecule has 434 valence electrons. The Morgan fingerprint density at radius 3 is 0.902 bits per heavy atom. The highest BCUT2D eigenvalue weighted by Gasteiger charge is 2.23. The van der Waals surface area contributed by atoms with Crippen LogP contribution in [0.2, 0.25) is 10.3 Å². The lowest BCUT2D eigenvalue weighted by Gasteiger charge is -2.12. The van der Waals surface area contributed by atoms with Gasteiger partial charge in [-0.15, -0.1) is 0 Å². The molecule has 12 aromatic carbocycles. The highest BCUT2D eigenvalue weighted by atomic mass is 35.5. The first-order valence-corrected chi connectivity index (χ1v) is 31.4. The molecule has 7 heterocycles. The van der Waals surface area contributed by atoms with Gasteiger partial charge in [-0.25, -0.2) is 19.9 Å². The van der Waals surface area contributed by atoms with Crippen LogP contribution in [0.5, 0.6) is 0 Å². The molecule has 0 saturated carbocycles. The van der Waals surface area contributed by atoms with Gasteiger partial charge in [0.25, 0.3) is 0 Å². The van der Waals surface area contributed by atoms with E-state index in [2.05, 4.69) is 312 Å². The minimum Gasteiger partial charge on any atom is -0.309 e. The Balaban J connectivity index is 0.000000151. The Hall–Kier alpha value is -11.6. The average molecular weight is 1220 g/mol. The molecule has 0 N–H and O–H groups in total. The van der Waals surface area contributed by atoms with Crippen LogP contribution >= 0.6 is 23.2 Å². The first-order chi connectivity index (χ1) is 45.5. The molecule has 0 aliphatic heterocycles. The number of fused-ring (bicyclic) bond motifs is 18. The van der Waals surface area contributed by atoms with E-state index in [1.807, 2.05) is 0 Å². The third-order valence-corrected chi connectivity index (χ3v) is 18.7. The van der Waals surface area contributed by atoms with Crippen LogP contribution in [0.4, 0.5) is 0 Å². The van der Waals surface area contributed by atoms with Crippen LogP contribution in [0.3, 0.4) is 0 Å². The number of halogens is 2. The van der Waals surface area contributed by atoms with Crippen LogP contribution in [0.15, 0.2) is 298 Å². The molecule has 1 aliphatic carbocycles. The van der Waals surface area contributed by atoms with E-state index >= 15 is 0 Å². The fourth-order valence-electron chi connectivity index (χ4n) is 14.4. The maximum atomic E-state index is 5.41. The van der Waals surface area contributed by atoms with Crippen molar-refractivity contribution in [2.24, 2.45) is 0 Å². The highest BCUT2D eigenvalue weighted by Crippen LogP contribution is 2.42. The lowest BCUT2D eigenvalue weighted by molar-refractivity contribution is 0.986. The molecular weight excluding hydrogens is 1170 g/mol. The van der Waals surface area contributed by atoms with Gasteiger partial charge in [-0.1, -0.05) is 199 Å². The zero-order valence-electron chi connectivity index (χ0n) is 49.3. The molecule has 0 atom stereocenters. The molecule has 11 heteroatoms. The van der Waals surface area contributed by atoms with Crippen LogP contribution < -0.4 is 0 Å². The largest absolute Gasteiger partial charge is 0.309 e. The Kier molecular flexibility index (Phi) is 12.5. The minimum absolute atomic E-state index is 0.366. The van der Waals surface area contributed by atoms with Crippen LogP contribution in [0.1, 0.15) is 11.1 Å². The summed E-state index contributed by atoms with van der Waals surface area (Å²) >= 11 is 10.8. The molecule has 20 rings (SSSR count). The second-order valence-electron chi connectivity index (χ2n) is 23.3. The highest BCUT2D eigenvalue weighted by molar-refractivity contribution is 6.33. The molecule has 1 aliphatic rings. The van der Waals surface area contributed by atoms with Gasteiger partial charge < -0.3 is 13.7 Å². The summed E-state index contributed by atoms with van der Waals surface area (Å²) in [4.78, 5) is 17.1. The summed E-state index contributed by atoms with van der Waals surface area (Å²) in [5.41, 5.74) is 20.8. The van der Waals surface area contributed by atoms with Gasteiger partial charge in [0.2, 0.25) is 0 Å². The normalized spacial score (nSPS) is 12.0. The summed E-state index contributed by atoms with van der Waals surface area (Å²) in [6.07, 6.45) is 4.05. The predicted octanol–water partition coefficient (Wildman–Crippen LogP) is 21.0. The van der Waals surface area contributed by atoms with Crippen molar-refractivity contribution in [3.05, 3.63) is 319 Å². The van der Waals surface area contributed by atoms with Gasteiger partial charge in [0, 0.05) is 83.1 Å². The number of rotatable bonds is 5. The van der Waals surface area contributed by atoms with E-state index in [9.17, 15) is 0 Å². The van der Waals surface area contributed by atoms with Crippen molar-refractivity contribution in [2.75, 3.05) is 0 Å². The summed E-state index contributed by atoms with van der Waals surface area (Å²) in [5, 5.41) is 13.1. The first kappa shape index (κ1) is 53.4. The summed E-state index contributed by atoms with van der Waals surface area (Å²) in [6.45, 7) is 0. The molecule has 0 unspecified atom stereocenters. The Morgan fingerprint density at radius 2 is 0.522 bits per heavy atom. The number of nitrogens with zero attached hydrogens (tertiary/aromatic N) is 9. The van der Waals surface area contributed by atoms with Gasteiger partial charge in [0.1, 0.15) is 34.6 Å². The zero-order valence-corrected chi connectivity index (χ0v) is 50.8. The Bertz CT molecular complexity index is 5760. The van der Waals surface area contributed by atoms with Crippen molar-refractivity contribution < 1.29 is 0 Å². The minimum atomic E-state index is 0.366. The quantitative estimate of drug-likeness (QED) is 0.161. The fraction of sp³-hybridized carbons (Fsp3) is 0.0123. The monoisotopic (exact) mass is 1220 g/mol. The fourth-order valence-corrected chi connectivity index (χ4v) is 14.8. The smallest absolute Gasteiger partial charge is 0.143 e. The van der Waals surface area contributed by atoms with Crippen molar-refractivity contribution in [1.29, 1.82) is 0 Å². The van der Waals surface area contributed by atoms with Gasteiger partial charge in [-0.3, -0.25) is 9.13 Å². The van der Waals surface area contributed by atoms with Crippen LogP contribution in [0, 0.1) is 0 Å². The van der Waals surface area contributed by atoms with E-state index in [-0.39, 0.29) is 0 Å². The second kappa shape index (κ2) is 21.6. The van der Waals surface area contributed by atoms with Crippen molar-refractivity contribution >= 4 is 132 Å². The molecule has 0 amide bonds. The van der Waals surface area contributed by atoms with Crippen molar-refractivity contribution in [3.8, 4) is 39.8 Å². The molecular formula is C81H51Cl2N9. The van der Waals surface area contributed by atoms with Crippen LogP contribution in [0.25, 0.3) is 149 Å². The van der Waals surface area contributed by atoms with E-state index in [0.717, 1.165) is 51.5 Å². The van der Waals surface area contributed by atoms with Gasteiger partial charge in [-0.2, -0.15) is 0 Å². The van der Waals surface area contributed by atoms with E-state index in [0.29, 0.717) is 10.3 Å². The van der Waals surface area contributed by atoms with Crippen molar-refractivity contribution in [3.63, 3.8) is 0 Å². The molecule has 19 aromatic rings. The number of hydrogen-bond acceptors (Lipinski definition) is 4. The predicted molar refractivity (Wildman–Crippen MR) is 380 cm³/mol. The molecule has 0 spiro atoms. The Labute approximate surface area is 537 Å². The zero-order chi connectivity index (χ0) is 61.0. The molecule has 0 bridgehead atoms. The average Bonchev–Trinajstić information content (AvgIpc) is 1.63.